The van der Waals surface area contributed by atoms with Crippen LogP contribution in [0.1, 0.15) is 23.0 Å². The quantitative estimate of drug-likeness (QED) is 0.671. The number of hydrogen-bond acceptors (Lipinski definition) is 4. The topological polar surface area (TPSA) is 83.9 Å². The molecule has 156 valence electrons. The Bertz CT molecular complexity index is 1140. The zero-order valence-corrected chi connectivity index (χ0v) is 18.0. The average molecular weight is 446 g/mol. The van der Waals surface area contributed by atoms with Crippen molar-refractivity contribution in [1.29, 1.82) is 0 Å². The standard InChI is InChI=1S/C21H21Cl2N5O2/c1-13(29)26-4-6-27(7-5-26)21(30)19-11-25-20-8-14(10-24)17(12-28(19)20)16-3-2-15(22)9-18(16)23/h2-3,8-9,11-12H,4-7,10,24H2,1H3. The number of fused-ring (bicyclic) bond motifs is 1. The molecule has 3 heterocycles. The molecule has 4 rings (SSSR count). The second-order valence-electron chi connectivity index (χ2n) is 7.21. The lowest BCUT2D eigenvalue weighted by Crippen LogP contribution is -2.50. The number of nitrogens with zero attached hydrogens (tertiary/aromatic N) is 4. The first-order valence-electron chi connectivity index (χ1n) is 9.59. The maximum absolute atomic E-state index is 13.2. The largest absolute Gasteiger partial charge is 0.339 e. The summed E-state index contributed by atoms with van der Waals surface area (Å²) >= 11 is 12.5. The molecule has 0 aliphatic carbocycles. The molecule has 0 atom stereocenters. The third kappa shape index (κ3) is 3.76. The van der Waals surface area contributed by atoms with Gasteiger partial charge in [0.1, 0.15) is 11.3 Å². The molecule has 9 heteroatoms. The smallest absolute Gasteiger partial charge is 0.272 e. The molecule has 0 bridgehead atoms. The third-order valence-electron chi connectivity index (χ3n) is 5.41. The van der Waals surface area contributed by atoms with Gasteiger partial charge in [0.05, 0.1) is 6.20 Å². The molecule has 0 unspecified atom stereocenters. The maximum atomic E-state index is 13.2. The molecular formula is C21H21Cl2N5O2. The van der Waals surface area contributed by atoms with E-state index in [0.29, 0.717) is 54.1 Å². The van der Waals surface area contributed by atoms with Gasteiger partial charge in [-0.25, -0.2) is 4.98 Å². The number of nitrogens with two attached hydrogens (primary N) is 1. The van der Waals surface area contributed by atoms with Crippen LogP contribution in [0.4, 0.5) is 0 Å². The number of imidazole rings is 1. The second-order valence-corrected chi connectivity index (χ2v) is 8.05. The lowest BCUT2D eigenvalue weighted by molar-refractivity contribution is -0.130. The zero-order chi connectivity index (χ0) is 21.4. The summed E-state index contributed by atoms with van der Waals surface area (Å²) in [5.74, 6) is -0.102. The number of benzene rings is 1. The predicted octanol–water partition coefficient (Wildman–Crippen LogP) is 3.07. The van der Waals surface area contributed by atoms with Crippen LogP contribution in [0.3, 0.4) is 0 Å². The number of amides is 2. The Balaban J connectivity index is 1.72. The minimum absolute atomic E-state index is 0.0238. The predicted molar refractivity (Wildman–Crippen MR) is 117 cm³/mol. The van der Waals surface area contributed by atoms with Gasteiger partial charge in [-0.3, -0.25) is 14.0 Å². The van der Waals surface area contributed by atoms with Gasteiger partial charge in [0, 0.05) is 67.0 Å². The molecule has 2 amide bonds. The SMILES string of the molecule is CC(=O)N1CCN(C(=O)c2cnc3cc(CN)c(-c4ccc(Cl)cc4Cl)cn23)CC1. The third-order valence-corrected chi connectivity index (χ3v) is 5.95. The van der Waals surface area contributed by atoms with E-state index in [4.69, 9.17) is 28.9 Å². The van der Waals surface area contributed by atoms with E-state index >= 15 is 0 Å². The number of rotatable bonds is 3. The lowest BCUT2D eigenvalue weighted by Gasteiger charge is -2.34. The van der Waals surface area contributed by atoms with Crippen LogP contribution >= 0.6 is 23.2 Å². The van der Waals surface area contributed by atoms with Gasteiger partial charge in [-0.05, 0) is 23.8 Å². The Kier molecular flexibility index (Phi) is 5.69. The van der Waals surface area contributed by atoms with Gasteiger partial charge in [-0.1, -0.05) is 29.3 Å². The fourth-order valence-corrected chi connectivity index (χ4v) is 4.24. The van der Waals surface area contributed by atoms with Crippen LogP contribution in [0.2, 0.25) is 10.0 Å². The van der Waals surface area contributed by atoms with Crippen LogP contribution in [0.15, 0.2) is 36.7 Å². The van der Waals surface area contributed by atoms with Gasteiger partial charge >= 0.3 is 0 Å². The van der Waals surface area contributed by atoms with E-state index < -0.39 is 0 Å². The van der Waals surface area contributed by atoms with Crippen LogP contribution in [0.25, 0.3) is 16.8 Å². The molecule has 1 aliphatic heterocycles. The number of pyridine rings is 1. The highest BCUT2D eigenvalue weighted by Gasteiger charge is 2.25. The van der Waals surface area contributed by atoms with Gasteiger partial charge in [0.25, 0.3) is 5.91 Å². The number of carbonyl (C=O) groups excluding carboxylic acids is 2. The Morgan fingerprint density at radius 3 is 2.40 bits per heavy atom. The number of halogens is 2. The summed E-state index contributed by atoms with van der Waals surface area (Å²) in [5.41, 5.74) is 9.52. The first-order chi connectivity index (χ1) is 14.4. The van der Waals surface area contributed by atoms with Gasteiger partial charge < -0.3 is 15.5 Å². The van der Waals surface area contributed by atoms with Crippen molar-refractivity contribution in [1.82, 2.24) is 19.2 Å². The van der Waals surface area contributed by atoms with Gasteiger partial charge in [-0.15, -0.1) is 0 Å². The van der Waals surface area contributed by atoms with Crippen LogP contribution in [0.5, 0.6) is 0 Å². The molecule has 1 saturated heterocycles. The van der Waals surface area contributed by atoms with Crippen molar-refractivity contribution >= 4 is 40.7 Å². The summed E-state index contributed by atoms with van der Waals surface area (Å²) in [7, 11) is 0. The van der Waals surface area contributed by atoms with Crippen molar-refractivity contribution in [3.63, 3.8) is 0 Å². The summed E-state index contributed by atoms with van der Waals surface area (Å²) in [4.78, 5) is 32.6. The van der Waals surface area contributed by atoms with Crippen LogP contribution in [-0.4, -0.2) is 57.2 Å². The fourth-order valence-electron chi connectivity index (χ4n) is 3.73. The highest BCUT2D eigenvalue weighted by molar-refractivity contribution is 6.36. The molecule has 2 aromatic heterocycles. The fraction of sp³-hybridized carbons (Fsp3) is 0.286. The molecule has 30 heavy (non-hydrogen) atoms. The molecule has 3 aromatic rings. The molecular weight excluding hydrogens is 425 g/mol. The van der Waals surface area contributed by atoms with E-state index in [1.165, 1.54) is 0 Å². The minimum atomic E-state index is -0.126. The van der Waals surface area contributed by atoms with Crippen molar-refractivity contribution in [2.45, 2.75) is 13.5 Å². The maximum Gasteiger partial charge on any atom is 0.272 e. The number of aromatic nitrogens is 2. The average Bonchev–Trinajstić information content (AvgIpc) is 3.15. The zero-order valence-electron chi connectivity index (χ0n) is 16.4. The summed E-state index contributed by atoms with van der Waals surface area (Å²) in [6, 6.07) is 7.15. The van der Waals surface area contributed by atoms with E-state index in [9.17, 15) is 9.59 Å². The Hall–Kier alpha value is -2.61. The highest BCUT2D eigenvalue weighted by Crippen LogP contribution is 2.33. The molecule has 1 aliphatic rings. The number of hydrogen-bond donors (Lipinski definition) is 1. The Morgan fingerprint density at radius 1 is 1.07 bits per heavy atom. The molecule has 7 nitrogen and oxygen atoms in total. The first kappa shape index (κ1) is 20.7. The van der Waals surface area contributed by atoms with Crippen molar-refractivity contribution in [2.24, 2.45) is 5.73 Å². The Morgan fingerprint density at radius 2 is 1.77 bits per heavy atom. The van der Waals surface area contributed by atoms with Crippen molar-refractivity contribution in [3.8, 4) is 11.1 Å². The summed E-state index contributed by atoms with van der Waals surface area (Å²) in [5, 5.41) is 1.05. The summed E-state index contributed by atoms with van der Waals surface area (Å²) in [6.07, 6.45) is 3.42. The van der Waals surface area contributed by atoms with Crippen LogP contribution in [-0.2, 0) is 11.3 Å². The monoisotopic (exact) mass is 445 g/mol. The van der Waals surface area contributed by atoms with Crippen LogP contribution < -0.4 is 5.73 Å². The van der Waals surface area contributed by atoms with E-state index in [-0.39, 0.29) is 11.8 Å². The molecule has 0 radical (unpaired) electrons. The van der Waals surface area contributed by atoms with E-state index in [0.717, 1.165) is 16.7 Å². The Labute approximate surface area is 184 Å². The first-order valence-corrected chi connectivity index (χ1v) is 10.3. The van der Waals surface area contributed by atoms with E-state index in [2.05, 4.69) is 4.98 Å². The normalized spacial score (nSPS) is 14.4. The minimum Gasteiger partial charge on any atom is -0.339 e. The van der Waals surface area contributed by atoms with Crippen molar-refractivity contribution in [2.75, 3.05) is 26.2 Å². The van der Waals surface area contributed by atoms with Crippen molar-refractivity contribution in [3.05, 3.63) is 58.0 Å². The van der Waals surface area contributed by atoms with Crippen molar-refractivity contribution < 1.29 is 9.59 Å². The van der Waals surface area contributed by atoms with Crippen LogP contribution in [0, 0.1) is 0 Å². The summed E-state index contributed by atoms with van der Waals surface area (Å²) < 4.78 is 1.76. The van der Waals surface area contributed by atoms with Gasteiger partial charge in [0.15, 0.2) is 0 Å². The molecule has 2 N–H and O–H groups in total. The van der Waals surface area contributed by atoms with E-state index in [1.807, 2.05) is 18.3 Å². The molecule has 0 saturated carbocycles. The molecule has 0 spiro atoms. The second kappa shape index (κ2) is 8.26. The van der Waals surface area contributed by atoms with E-state index in [1.54, 1.807) is 39.5 Å². The summed E-state index contributed by atoms with van der Waals surface area (Å²) in [6.45, 7) is 3.88. The number of carbonyl (C=O) groups is 2. The van der Waals surface area contributed by atoms with Gasteiger partial charge in [-0.2, -0.15) is 0 Å². The lowest BCUT2D eigenvalue weighted by atomic mass is 10.0. The molecule has 1 fully saturated rings. The number of piperazine rings is 1. The molecule has 1 aromatic carbocycles. The van der Waals surface area contributed by atoms with Gasteiger partial charge in [0.2, 0.25) is 5.91 Å². The highest BCUT2D eigenvalue weighted by atomic mass is 35.5.